The standard InChI is InChI=1S/C20H18ClN3O/c21-16-6-1-4-14(12-16)19-8-3-11-24(19)20(25)23-18-7-2-5-15-13-22-10-9-17(15)18/h1-2,4-7,9-10,12-13,19H,3,8,11H2,(H,23,25)/t19-/m0/s1. The Hall–Kier alpha value is -2.59. The van der Waals surface area contributed by atoms with E-state index in [1.807, 2.05) is 53.4 Å². The van der Waals surface area contributed by atoms with E-state index in [0.29, 0.717) is 5.02 Å². The second kappa shape index (κ2) is 6.73. The number of rotatable bonds is 2. The number of anilines is 1. The smallest absolute Gasteiger partial charge is 0.317 e. The number of hydrogen-bond acceptors (Lipinski definition) is 2. The van der Waals surface area contributed by atoms with E-state index >= 15 is 0 Å². The summed E-state index contributed by atoms with van der Waals surface area (Å²) in [5, 5.41) is 5.77. The van der Waals surface area contributed by atoms with Crippen molar-refractivity contribution in [2.45, 2.75) is 18.9 Å². The van der Waals surface area contributed by atoms with Gasteiger partial charge in [0.1, 0.15) is 0 Å². The molecule has 25 heavy (non-hydrogen) atoms. The van der Waals surface area contributed by atoms with Crippen LogP contribution < -0.4 is 5.32 Å². The summed E-state index contributed by atoms with van der Waals surface area (Å²) in [7, 11) is 0. The van der Waals surface area contributed by atoms with Crippen LogP contribution in [-0.4, -0.2) is 22.5 Å². The fraction of sp³-hybridized carbons (Fsp3) is 0.200. The lowest BCUT2D eigenvalue weighted by Gasteiger charge is -2.25. The predicted octanol–water partition coefficient (Wildman–Crippen LogP) is 5.26. The zero-order valence-corrected chi connectivity index (χ0v) is 14.4. The summed E-state index contributed by atoms with van der Waals surface area (Å²) >= 11 is 6.12. The van der Waals surface area contributed by atoms with E-state index in [4.69, 9.17) is 11.6 Å². The van der Waals surface area contributed by atoms with Gasteiger partial charge in [-0.1, -0.05) is 35.9 Å². The van der Waals surface area contributed by atoms with Gasteiger partial charge >= 0.3 is 6.03 Å². The minimum atomic E-state index is -0.0770. The van der Waals surface area contributed by atoms with Gasteiger partial charge in [0.25, 0.3) is 0 Å². The summed E-state index contributed by atoms with van der Waals surface area (Å²) in [6.45, 7) is 0.745. The van der Waals surface area contributed by atoms with Crippen LogP contribution in [0.15, 0.2) is 60.9 Å². The highest BCUT2D eigenvalue weighted by molar-refractivity contribution is 6.30. The van der Waals surface area contributed by atoms with Crippen LogP contribution in [0, 0.1) is 0 Å². The molecule has 2 aromatic carbocycles. The van der Waals surface area contributed by atoms with Gasteiger partial charge < -0.3 is 10.2 Å². The molecular formula is C20H18ClN3O. The molecule has 1 atom stereocenters. The average molecular weight is 352 g/mol. The molecule has 4 nitrogen and oxygen atoms in total. The Labute approximate surface area is 151 Å². The Morgan fingerprint density at radius 2 is 2.08 bits per heavy atom. The van der Waals surface area contributed by atoms with E-state index in [1.54, 1.807) is 12.4 Å². The van der Waals surface area contributed by atoms with Crippen LogP contribution in [0.25, 0.3) is 10.8 Å². The summed E-state index contributed by atoms with van der Waals surface area (Å²) in [4.78, 5) is 18.9. The number of hydrogen-bond donors (Lipinski definition) is 1. The number of fused-ring (bicyclic) bond motifs is 1. The Morgan fingerprint density at radius 1 is 1.20 bits per heavy atom. The third-order valence-corrected chi connectivity index (χ3v) is 4.90. The van der Waals surface area contributed by atoms with Gasteiger partial charge in [0.2, 0.25) is 0 Å². The van der Waals surface area contributed by atoms with Crippen molar-refractivity contribution in [2.24, 2.45) is 0 Å². The number of aromatic nitrogens is 1. The van der Waals surface area contributed by atoms with Crippen molar-refractivity contribution in [1.82, 2.24) is 9.88 Å². The van der Waals surface area contributed by atoms with Gasteiger partial charge in [0.05, 0.1) is 11.7 Å². The maximum Gasteiger partial charge on any atom is 0.322 e. The topological polar surface area (TPSA) is 45.2 Å². The quantitative estimate of drug-likeness (QED) is 0.684. The summed E-state index contributed by atoms with van der Waals surface area (Å²) in [5.41, 5.74) is 1.89. The number of urea groups is 1. The number of nitrogens with one attached hydrogen (secondary N) is 1. The molecule has 1 aromatic heterocycles. The Bertz CT molecular complexity index is 922. The number of nitrogens with zero attached hydrogens (tertiary/aromatic N) is 2. The zero-order valence-electron chi connectivity index (χ0n) is 13.7. The lowest BCUT2D eigenvalue weighted by atomic mass is 10.0. The molecular weight excluding hydrogens is 334 g/mol. The molecule has 4 rings (SSSR count). The Balaban J connectivity index is 1.59. The minimum absolute atomic E-state index is 0.0651. The lowest BCUT2D eigenvalue weighted by Crippen LogP contribution is -2.34. The summed E-state index contributed by atoms with van der Waals surface area (Å²) in [6, 6.07) is 15.5. The molecule has 0 radical (unpaired) electrons. The highest BCUT2D eigenvalue weighted by atomic mass is 35.5. The molecule has 1 aliphatic rings. The number of carbonyl (C=O) groups is 1. The number of pyridine rings is 1. The normalized spacial score (nSPS) is 17.0. The second-order valence-electron chi connectivity index (χ2n) is 6.24. The third kappa shape index (κ3) is 3.17. The molecule has 1 fully saturated rings. The average Bonchev–Trinajstić information content (AvgIpc) is 3.12. The number of halogens is 1. The van der Waals surface area contributed by atoms with Crippen molar-refractivity contribution in [2.75, 3.05) is 11.9 Å². The maximum absolute atomic E-state index is 12.9. The molecule has 5 heteroatoms. The SMILES string of the molecule is O=C(Nc1cccc2cnccc12)N1CCC[C@H]1c1cccc(Cl)c1. The van der Waals surface area contributed by atoms with Gasteiger partial charge in [-0.05, 0) is 42.7 Å². The highest BCUT2D eigenvalue weighted by Gasteiger charge is 2.30. The lowest BCUT2D eigenvalue weighted by molar-refractivity contribution is 0.207. The molecule has 0 unspecified atom stereocenters. The number of benzene rings is 2. The molecule has 0 aliphatic carbocycles. The van der Waals surface area contributed by atoms with Crippen LogP contribution in [0.2, 0.25) is 5.02 Å². The molecule has 2 amide bonds. The first-order valence-electron chi connectivity index (χ1n) is 8.38. The van der Waals surface area contributed by atoms with Crippen LogP contribution in [0.4, 0.5) is 10.5 Å². The fourth-order valence-electron chi connectivity index (χ4n) is 3.49. The van der Waals surface area contributed by atoms with Crippen molar-refractivity contribution in [3.63, 3.8) is 0 Å². The maximum atomic E-state index is 12.9. The van der Waals surface area contributed by atoms with Crippen molar-refractivity contribution in [3.05, 3.63) is 71.5 Å². The Kier molecular flexibility index (Phi) is 4.28. The Morgan fingerprint density at radius 3 is 2.96 bits per heavy atom. The summed E-state index contributed by atoms with van der Waals surface area (Å²) in [6.07, 6.45) is 5.48. The predicted molar refractivity (Wildman–Crippen MR) is 101 cm³/mol. The van der Waals surface area contributed by atoms with Gasteiger partial charge in [0.15, 0.2) is 0 Å². The van der Waals surface area contributed by atoms with Gasteiger partial charge in [-0.15, -0.1) is 0 Å². The zero-order chi connectivity index (χ0) is 17.2. The van der Waals surface area contributed by atoms with Crippen LogP contribution >= 0.6 is 11.6 Å². The summed E-state index contributed by atoms with van der Waals surface area (Å²) < 4.78 is 0. The molecule has 1 aliphatic heterocycles. The molecule has 0 spiro atoms. The van der Waals surface area contributed by atoms with Crippen LogP contribution in [0.5, 0.6) is 0 Å². The molecule has 0 saturated carbocycles. The van der Waals surface area contributed by atoms with Gasteiger partial charge in [0, 0.05) is 34.7 Å². The van der Waals surface area contributed by atoms with Crippen molar-refractivity contribution >= 4 is 34.1 Å². The monoisotopic (exact) mass is 351 g/mol. The van der Waals surface area contributed by atoms with E-state index in [0.717, 1.165) is 41.4 Å². The molecule has 1 saturated heterocycles. The van der Waals surface area contributed by atoms with Crippen molar-refractivity contribution in [3.8, 4) is 0 Å². The summed E-state index contributed by atoms with van der Waals surface area (Å²) in [5.74, 6) is 0. The van der Waals surface area contributed by atoms with Crippen molar-refractivity contribution in [1.29, 1.82) is 0 Å². The molecule has 0 bridgehead atoms. The molecule has 126 valence electrons. The fourth-order valence-corrected chi connectivity index (χ4v) is 3.69. The first-order chi connectivity index (χ1) is 12.2. The van der Waals surface area contributed by atoms with E-state index in [-0.39, 0.29) is 12.1 Å². The van der Waals surface area contributed by atoms with Crippen LogP contribution in [-0.2, 0) is 0 Å². The molecule has 2 heterocycles. The number of amides is 2. The highest BCUT2D eigenvalue weighted by Crippen LogP contribution is 2.34. The van der Waals surface area contributed by atoms with Gasteiger partial charge in [-0.3, -0.25) is 4.98 Å². The van der Waals surface area contributed by atoms with E-state index < -0.39 is 0 Å². The van der Waals surface area contributed by atoms with E-state index in [9.17, 15) is 4.79 Å². The van der Waals surface area contributed by atoms with Crippen LogP contribution in [0.1, 0.15) is 24.4 Å². The van der Waals surface area contributed by atoms with E-state index in [1.165, 1.54) is 0 Å². The molecule has 3 aromatic rings. The first-order valence-corrected chi connectivity index (χ1v) is 8.76. The van der Waals surface area contributed by atoms with Gasteiger partial charge in [-0.2, -0.15) is 0 Å². The largest absolute Gasteiger partial charge is 0.322 e. The minimum Gasteiger partial charge on any atom is -0.317 e. The number of carbonyl (C=O) groups excluding carboxylic acids is 1. The van der Waals surface area contributed by atoms with E-state index in [2.05, 4.69) is 10.3 Å². The molecule has 1 N–H and O–H groups in total. The third-order valence-electron chi connectivity index (χ3n) is 4.67. The first kappa shape index (κ1) is 15.9. The number of likely N-dealkylation sites (tertiary alicyclic amines) is 1. The van der Waals surface area contributed by atoms with Crippen LogP contribution in [0.3, 0.4) is 0 Å². The second-order valence-corrected chi connectivity index (χ2v) is 6.68. The van der Waals surface area contributed by atoms with Crippen molar-refractivity contribution < 1.29 is 4.79 Å². The van der Waals surface area contributed by atoms with Gasteiger partial charge in [-0.25, -0.2) is 4.79 Å².